The third-order valence-electron chi connectivity index (χ3n) is 3.57. The van der Waals surface area contributed by atoms with Crippen molar-refractivity contribution in [3.8, 4) is 0 Å². The molecule has 0 radical (unpaired) electrons. The van der Waals surface area contributed by atoms with Crippen LogP contribution in [0.25, 0.3) is 0 Å². The first-order valence-corrected chi connectivity index (χ1v) is 6.42. The van der Waals surface area contributed by atoms with E-state index < -0.39 is 0 Å². The van der Waals surface area contributed by atoms with Gasteiger partial charge in [0.25, 0.3) is 0 Å². The van der Waals surface area contributed by atoms with Crippen LogP contribution >= 0.6 is 0 Å². The highest BCUT2D eigenvalue weighted by atomic mass is 16.1. The maximum atomic E-state index is 11.4. The van der Waals surface area contributed by atoms with Gasteiger partial charge in [0.15, 0.2) is 5.78 Å². The van der Waals surface area contributed by atoms with Gasteiger partial charge in [-0.15, -0.1) is 0 Å². The SMILES string of the molecule is CCC1CCCN(c2cc(C(C)=O)ccn2)C1. The number of piperidine rings is 1. The van der Waals surface area contributed by atoms with E-state index in [1.165, 1.54) is 19.3 Å². The fraction of sp³-hybridized carbons (Fsp3) is 0.571. The lowest BCUT2D eigenvalue weighted by molar-refractivity contribution is 0.101. The third-order valence-corrected chi connectivity index (χ3v) is 3.57. The average molecular weight is 232 g/mol. The van der Waals surface area contributed by atoms with Crippen LogP contribution in [0.3, 0.4) is 0 Å². The maximum absolute atomic E-state index is 11.4. The first kappa shape index (κ1) is 12.1. The van der Waals surface area contributed by atoms with E-state index in [4.69, 9.17) is 0 Å². The van der Waals surface area contributed by atoms with Crippen molar-refractivity contribution in [2.45, 2.75) is 33.1 Å². The van der Waals surface area contributed by atoms with Gasteiger partial charge in [-0.3, -0.25) is 4.79 Å². The third kappa shape index (κ3) is 2.84. The van der Waals surface area contributed by atoms with E-state index in [0.717, 1.165) is 30.4 Å². The molecule has 0 aromatic carbocycles. The minimum atomic E-state index is 0.109. The highest BCUT2D eigenvalue weighted by molar-refractivity contribution is 5.94. The van der Waals surface area contributed by atoms with Crippen molar-refractivity contribution in [3.05, 3.63) is 23.9 Å². The molecule has 92 valence electrons. The zero-order chi connectivity index (χ0) is 12.3. The Morgan fingerprint density at radius 1 is 1.59 bits per heavy atom. The summed E-state index contributed by atoms with van der Waals surface area (Å²) < 4.78 is 0. The number of Topliss-reactive ketones (excluding diaryl/α,β-unsaturated/α-hetero) is 1. The van der Waals surface area contributed by atoms with Crippen LogP contribution < -0.4 is 4.90 Å². The number of carbonyl (C=O) groups excluding carboxylic acids is 1. The van der Waals surface area contributed by atoms with Crippen LogP contribution in [0, 0.1) is 5.92 Å². The van der Waals surface area contributed by atoms with Gasteiger partial charge in [0.05, 0.1) is 0 Å². The molecule has 0 N–H and O–H groups in total. The Balaban J connectivity index is 2.16. The molecule has 0 bridgehead atoms. The number of hydrogen-bond acceptors (Lipinski definition) is 3. The van der Waals surface area contributed by atoms with Crippen LogP contribution in [0.2, 0.25) is 0 Å². The number of anilines is 1. The van der Waals surface area contributed by atoms with Crippen LogP contribution in [0.4, 0.5) is 5.82 Å². The molecule has 1 aliphatic rings. The zero-order valence-corrected chi connectivity index (χ0v) is 10.6. The number of carbonyl (C=O) groups is 1. The van der Waals surface area contributed by atoms with E-state index in [-0.39, 0.29) is 5.78 Å². The van der Waals surface area contributed by atoms with Gasteiger partial charge in [-0.25, -0.2) is 4.98 Å². The standard InChI is InChI=1S/C14H20N2O/c1-3-12-5-4-8-16(10-12)14-9-13(11(2)17)6-7-15-14/h6-7,9,12H,3-5,8,10H2,1-2H3. The number of nitrogens with zero attached hydrogens (tertiary/aromatic N) is 2. The van der Waals surface area contributed by atoms with Crippen molar-refractivity contribution in [1.29, 1.82) is 0 Å². The number of ketones is 1. The quantitative estimate of drug-likeness (QED) is 0.751. The Morgan fingerprint density at radius 2 is 2.41 bits per heavy atom. The molecule has 0 aliphatic carbocycles. The second-order valence-corrected chi connectivity index (χ2v) is 4.82. The summed E-state index contributed by atoms with van der Waals surface area (Å²) in [4.78, 5) is 18.1. The lowest BCUT2D eigenvalue weighted by Gasteiger charge is -2.33. The second-order valence-electron chi connectivity index (χ2n) is 4.82. The molecule has 1 unspecified atom stereocenters. The molecule has 0 amide bonds. The van der Waals surface area contributed by atoms with E-state index >= 15 is 0 Å². The van der Waals surface area contributed by atoms with Crippen molar-refractivity contribution in [2.75, 3.05) is 18.0 Å². The maximum Gasteiger partial charge on any atom is 0.159 e. The smallest absolute Gasteiger partial charge is 0.159 e. The van der Waals surface area contributed by atoms with Crippen LogP contribution in [-0.4, -0.2) is 23.9 Å². The summed E-state index contributed by atoms with van der Waals surface area (Å²) in [5, 5.41) is 0. The van der Waals surface area contributed by atoms with Gasteiger partial charge in [-0.1, -0.05) is 13.3 Å². The van der Waals surface area contributed by atoms with Gasteiger partial charge in [0.2, 0.25) is 0 Å². The zero-order valence-electron chi connectivity index (χ0n) is 10.6. The fourth-order valence-electron chi connectivity index (χ4n) is 2.42. The minimum absolute atomic E-state index is 0.109. The highest BCUT2D eigenvalue weighted by Crippen LogP contribution is 2.23. The normalized spacial score (nSPS) is 20.4. The van der Waals surface area contributed by atoms with E-state index in [1.54, 1.807) is 19.2 Å². The molecule has 1 fully saturated rings. The second kappa shape index (κ2) is 5.30. The molecule has 3 heteroatoms. The summed E-state index contributed by atoms with van der Waals surface area (Å²) in [6.07, 6.45) is 5.51. The topological polar surface area (TPSA) is 33.2 Å². The molecule has 1 aromatic heterocycles. The van der Waals surface area contributed by atoms with Gasteiger partial charge >= 0.3 is 0 Å². The molecule has 1 saturated heterocycles. The Morgan fingerprint density at radius 3 is 3.12 bits per heavy atom. The lowest BCUT2D eigenvalue weighted by atomic mass is 9.95. The largest absolute Gasteiger partial charge is 0.356 e. The molecule has 17 heavy (non-hydrogen) atoms. The number of hydrogen-bond donors (Lipinski definition) is 0. The average Bonchev–Trinajstić information content (AvgIpc) is 2.39. The van der Waals surface area contributed by atoms with Crippen molar-refractivity contribution in [2.24, 2.45) is 5.92 Å². The van der Waals surface area contributed by atoms with Crippen molar-refractivity contribution >= 4 is 11.6 Å². The molecule has 3 nitrogen and oxygen atoms in total. The Labute approximate surface area is 103 Å². The van der Waals surface area contributed by atoms with E-state index in [1.807, 2.05) is 6.07 Å². The van der Waals surface area contributed by atoms with Gasteiger partial charge in [0, 0.05) is 24.8 Å². The lowest BCUT2D eigenvalue weighted by Crippen LogP contribution is -2.35. The first-order chi connectivity index (χ1) is 8.20. The number of pyridine rings is 1. The molecule has 1 atom stereocenters. The fourth-order valence-corrected chi connectivity index (χ4v) is 2.42. The van der Waals surface area contributed by atoms with Gasteiger partial charge in [-0.05, 0) is 37.8 Å². The summed E-state index contributed by atoms with van der Waals surface area (Å²) in [5.74, 6) is 1.83. The van der Waals surface area contributed by atoms with Crippen LogP contribution in [0.1, 0.15) is 43.5 Å². The Bertz CT molecular complexity index is 403. The van der Waals surface area contributed by atoms with Gasteiger partial charge in [0.1, 0.15) is 5.82 Å². The summed E-state index contributed by atoms with van der Waals surface area (Å²) >= 11 is 0. The highest BCUT2D eigenvalue weighted by Gasteiger charge is 2.19. The summed E-state index contributed by atoms with van der Waals surface area (Å²) in [6.45, 7) is 5.98. The van der Waals surface area contributed by atoms with Crippen LogP contribution in [0.5, 0.6) is 0 Å². The molecular weight excluding hydrogens is 212 g/mol. The molecule has 0 spiro atoms. The van der Waals surface area contributed by atoms with Gasteiger partial charge < -0.3 is 4.90 Å². The minimum Gasteiger partial charge on any atom is -0.356 e. The Kier molecular flexibility index (Phi) is 3.77. The molecule has 2 heterocycles. The first-order valence-electron chi connectivity index (χ1n) is 6.42. The van der Waals surface area contributed by atoms with E-state index in [9.17, 15) is 4.79 Å². The van der Waals surface area contributed by atoms with Gasteiger partial charge in [-0.2, -0.15) is 0 Å². The monoisotopic (exact) mass is 232 g/mol. The molecule has 1 aliphatic heterocycles. The van der Waals surface area contributed by atoms with Crippen molar-refractivity contribution in [1.82, 2.24) is 4.98 Å². The molecular formula is C14H20N2O. The van der Waals surface area contributed by atoms with Crippen LogP contribution in [-0.2, 0) is 0 Å². The van der Waals surface area contributed by atoms with E-state index in [2.05, 4.69) is 16.8 Å². The molecule has 1 aromatic rings. The van der Waals surface area contributed by atoms with Crippen molar-refractivity contribution in [3.63, 3.8) is 0 Å². The Hall–Kier alpha value is -1.38. The molecule has 2 rings (SSSR count). The molecule has 0 saturated carbocycles. The summed E-state index contributed by atoms with van der Waals surface area (Å²) in [5.41, 5.74) is 0.758. The number of rotatable bonds is 3. The number of aromatic nitrogens is 1. The predicted molar refractivity (Wildman–Crippen MR) is 69.5 cm³/mol. The van der Waals surface area contributed by atoms with E-state index in [0.29, 0.717) is 0 Å². The van der Waals surface area contributed by atoms with Crippen LogP contribution in [0.15, 0.2) is 18.3 Å². The predicted octanol–water partition coefficient (Wildman–Crippen LogP) is 2.91. The van der Waals surface area contributed by atoms with Crippen molar-refractivity contribution < 1.29 is 4.79 Å². The summed E-state index contributed by atoms with van der Waals surface area (Å²) in [6, 6.07) is 3.70. The summed E-state index contributed by atoms with van der Waals surface area (Å²) in [7, 11) is 0.